The topological polar surface area (TPSA) is 61.4 Å². The lowest BCUT2D eigenvalue weighted by Crippen LogP contribution is -2.41. The van der Waals surface area contributed by atoms with Crippen LogP contribution in [0.1, 0.15) is 36.0 Å². The minimum atomic E-state index is -0.157. The third-order valence-corrected chi connectivity index (χ3v) is 4.97. The Morgan fingerprint density at radius 3 is 2.38 bits per heavy atom. The van der Waals surface area contributed by atoms with E-state index in [0.717, 1.165) is 0 Å². The van der Waals surface area contributed by atoms with E-state index in [1.54, 1.807) is 32.3 Å². The van der Waals surface area contributed by atoms with E-state index in [1.165, 1.54) is 30.6 Å². The molecule has 2 amide bonds. The zero-order valence-corrected chi connectivity index (χ0v) is 14.9. The van der Waals surface area contributed by atoms with E-state index >= 15 is 0 Å². The fourth-order valence-corrected chi connectivity index (χ4v) is 3.19. The Bertz CT molecular complexity index is 627. The zero-order chi connectivity index (χ0) is 17.3. The highest BCUT2D eigenvalue weighted by Crippen LogP contribution is 2.44. The molecule has 0 aromatic heterocycles. The van der Waals surface area contributed by atoms with E-state index in [1.807, 2.05) is 0 Å². The number of halogens is 1. The predicted octanol–water partition coefficient (Wildman–Crippen LogP) is 2.76. The molecule has 24 heavy (non-hydrogen) atoms. The van der Waals surface area contributed by atoms with Crippen molar-refractivity contribution in [2.24, 2.45) is 11.8 Å². The monoisotopic (exact) mass is 349 g/mol. The van der Waals surface area contributed by atoms with Crippen LogP contribution >= 0.6 is 11.6 Å². The fraction of sp³-hybridized carbons (Fsp3) is 0.556. The van der Waals surface area contributed by atoms with Crippen molar-refractivity contribution < 1.29 is 9.59 Å². The van der Waals surface area contributed by atoms with E-state index < -0.39 is 0 Å². The smallest absolute Gasteiger partial charge is 0.254 e. The lowest BCUT2D eigenvalue weighted by molar-refractivity contribution is -0.120. The molecule has 130 valence electrons. The lowest BCUT2D eigenvalue weighted by atomic mass is 10.1. The molecule has 0 atom stereocenters. The second kappa shape index (κ2) is 7.01. The number of nitrogens with one attached hydrogen (secondary N) is 2. The maximum absolute atomic E-state index is 12.2. The van der Waals surface area contributed by atoms with Crippen molar-refractivity contribution in [1.29, 1.82) is 0 Å². The summed E-state index contributed by atoms with van der Waals surface area (Å²) in [6.45, 7) is 0.202. The van der Waals surface area contributed by atoms with Gasteiger partial charge in [0.25, 0.3) is 5.91 Å². The van der Waals surface area contributed by atoms with Gasteiger partial charge in [-0.05, 0) is 55.7 Å². The summed E-state index contributed by atoms with van der Waals surface area (Å²) >= 11 is 6.10. The second-order valence-corrected chi connectivity index (χ2v) is 7.42. The van der Waals surface area contributed by atoms with Gasteiger partial charge in [0.05, 0.1) is 17.1 Å². The van der Waals surface area contributed by atoms with Gasteiger partial charge in [-0.25, -0.2) is 0 Å². The minimum absolute atomic E-state index is 0.00855. The van der Waals surface area contributed by atoms with Gasteiger partial charge in [0.2, 0.25) is 5.91 Å². The van der Waals surface area contributed by atoms with Gasteiger partial charge in [0, 0.05) is 25.8 Å². The Balaban J connectivity index is 1.56. The highest BCUT2D eigenvalue weighted by atomic mass is 35.5. The molecule has 0 bridgehead atoms. The molecule has 0 radical (unpaired) electrons. The molecule has 2 N–H and O–H groups in total. The first kappa shape index (κ1) is 17.1. The predicted molar refractivity (Wildman–Crippen MR) is 95.3 cm³/mol. The van der Waals surface area contributed by atoms with Crippen molar-refractivity contribution in [3.63, 3.8) is 0 Å². The molecule has 1 aromatic carbocycles. The van der Waals surface area contributed by atoms with Crippen LogP contribution in [-0.4, -0.2) is 43.4 Å². The Morgan fingerprint density at radius 1 is 1.21 bits per heavy atom. The first-order valence-corrected chi connectivity index (χ1v) is 8.88. The Morgan fingerprint density at radius 2 is 1.83 bits per heavy atom. The number of hydrogen-bond donors (Lipinski definition) is 2. The van der Waals surface area contributed by atoms with Gasteiger partial charge in [-0.3, -0.25) is 9.59 Å². The number of rotatable bonds is 7. The average molecular weight is 350 g/mol. The summed E-state index contributed by atoms with van der Waals surface area (Å²) in [6, 6.07) is 5.50. The third kappa shape index (κ3) is 4.20. The summed E-state index contributed by atoms with van der Waals surface area (Å²) < 4.78 is 0. The van der Waals surface area contributed by atoms with Gasteiger partial charge in [0.15, 0.2) is 0 Å². The van der Waals surface area contributed by atoms with Gasteiger partial charge in [0.1, 0.15) is 0 Å². The standard InChI is InChI=1S/C18H24ClN3O2/c1-22(2)18(24)14-9-13(7-8-15(14)19)20-10-16(23)21-17(11-3-4-11)12-5-6-12/h7-9,11-12,17,20H,3-6,10H2,1-2H3,(H,21,23). The van der Waals surface area contributed by atoms with Crippen LogP contribution in [0.2, 0.25) is 5.02 Å². The number of hydrogen-bond acceptors (Lipinski definition) is 3. The summed E-state index contributed by atoms with van der Waals surface area (Å²) in [4.78, 5) is 25.8. The first-order chi connectivity index (χ1) is 11.5. The van der Waals surface area contributed by atoms with Crippen LogP contribution in [0.25, 0.3) is 0 Å². The van der Waals surface area contributed by atoms with Crippen LogP contribution in [-0.2, 0) is 4.79 Å². The summed E-state index contributed by atoms with van der Waals surface area (Å²) in [6.07, 6.45) is 4.95. The molecule has 2 aliphatic rings. The SMILES string of the molecule is CN(C)C(=O)c1cc(NCC(=O)NC(C2CC2)C2CC2)ccc1Cl. The van der Waals surface area contributed by atoms with Crippen LogP contribution < -0.4 is 10.6 Å². The zero-order valence-electron chi connectivity index (χ0n) is 14.1. The quantitative estimate of drug-likeness (QED) is 0.795. The number of carbonyl (C=O) groups is 2. The van der Waals surface area contributed by atoms with Gasteiger partial charge >= 0.3 is 0 Å². The summed E-state index contributed by atoms with van der Waals surface area (Å²) in [5.41, 5.74) is 1.15. The molecule has 5 nitrogen and oxygen atoms in total. The summed E-state index contributed by atoms with van der Waals surface area (Å²) in [7, 11) is 3.37. The Hall–Kier alpha value is -1.75. The molecule has 0 aliphatic heterocycles. The lowest BCUT2D eigenvalue weighted by Gasteiger charge is -2.18. The van der Waals surface area contributed by atoms with Crippen LogP contribution in [0.5, 0.6) is 0 Å². The molecule has 0 spiro atoms. The van der Waals surface area contributed by atoms with E-state index in [-0.39, 0.29) is 18.4 Å². The second-order valence-electron chi connectivity index (χ2n) is 7.02. The van der Waals surface area contributed by atoms with Crippen LogP contribution in [0.15, 0.2) is 18.2 Å². The van der Waals surface area contributed by atoms with Crippen LogP contribution in [0.3, 0.4) is 0 Å². The van der Waals surface area contributed by atoms with E-state index in [2.05, 4.69) is 10.6 Å². The Labute approximate surface area is 147 Å². The van der Waals surface area contributed by atoms with Crippen molar-refractivity contribution in [2.75, 3.05) is 26.0 Å². The minimum Gasteiger partial charge on any atom is -0.376 e. The largest absolute Gasteiger partial charge is 0.376 e. The van der Waals surface area contributed by atoms with E-state index in [9.17, 15) is 9.59 Å². The molecular weight excluding hydrogens is 326 g/mol. The number of anilines is 1. The molecular formula is C18H24ClN3O2. The number of amides is 2. The molecule has 1 aromatic rings. The van der Waals surface area contributed by atoms with Gasteiger partial charge in [-0.2, -0.15) is 0 Å². The maximum Gasteiger partial charge on any atom is 0.254 e. The molecule has 0 saturated heterocycles. The first-order valence-electron chi connectivity index (χ1n) is 8.50. The van der Waals surface area contributed by atoms with E-state index in [4.69, 9.17) is 11.6 Å². The van der Waals surface area contributed by atoms with Crippen LogP contribution in [0.4, 0.5) is 5.69 Å². The molecule has 0 heterocycles. The van der Waals surface area contributed by atoms with Crippen LogP contribution in [0, 0.1) is 11.8 Å². The molecule has 3 rings (SSSR count). The Kier molecular flexibility index (Phi) is 4.99. The van der Waals surface area contributed by atoms with Crippen molar-refractivity contribution in [3.8, 4) is 0 Å². The normalized spacial score (nSPS) is 16.8. The maximum atomic E-state index is 12.2. The highest BCUT2D eigenvalue weighted by Gasteiger charge is 2.42. The van der Waals surface area contributed by atoms with Gasteiger partial charge in [-0.1, -0.05) is 11.6 Å². The average Bonchev–Trinajstić information content (AvgIpc) is 3.44. The van der Waals surface area contributed by atoms with Crippen molar-refractivity contribution in [3.05, 3.63) is 28.8 Å². The third-order valence-electron chi connectivity index (χ3n) is 4.64. The van der Waals surface area contributed by atoms with Gasteiger partial charge < -0.3 is 15.5 Å². The van der Waals surface area contributed by atoms with E-state index in [0.29, 0.717) is 34.2 Å². The number of nitrogens with zero attached hydrogens (tertiary/aromatic N) is 1. The highest BCUT2D eigenvalue weighted by molar-refractivity contribution is 6.34. The molecule has 0 unspecified atom stereocenters. The molecule has 2 aliphatic carbocycles. The molecule has 6 heteroatoms. The fourth-order valence-electron chi connectivity index (χ4n) is 2.99. The molecule has 2 fully saturated rings. The van der Waals surface area contributed by atoms with Crippen molar-refractivity contribution >= 4 is 29.1 Å². The molecule has 2 saturated carbocycles. The van der Waals surface area contributed by atoms with Crippen molar-refractivity contribution in [2.45, 2.75) is 31.7 Å². The summed E-state index contributed by atoms with van der Waals surface area (Å²) in [5.74, 6) is 1.22. The number of carbonyl (C=O) groups excluding carboxylic acids is 2. The van der Waals surface area contributed by atoms with Crippen molar-refractivity contribution in [1.82, 2.24) is 10.2 Å². The summed E-state index contributed by atoms with van der Waals surface area (Å²) in [5, 5.41) is 6.67. The van der Waals surface area contributed by atoms with Gasteiger partial charge in [-0.15, -0.1) is 0 Å². The number of benzene rings is 1.